The van der Waals surface area contributed by atoms with Crippen LogP contribution in [0.25, 0.3) is 0 Å². The Morgan fingerprint density at radius 2 is 2.43 bits per heavy atom. The quantitative estimate of drug-likeness (QED) is 0.462. The molecule has 0 bridgehead atoms. The monoisotopic (exact) mass is 93.1 g/mol. The highest BCUT2D eigenvalue weighted by atomic mass is 14.8. The molecule has 1 fully saturated rings. The summed E-state index contributed by atoms with van der Waals surface area (Å²) in [7, 11) is 0. The van der Waals surface area contributed by atoms with Crippen LogP contribution in [-0.4, -0.2) is 6.04 Å². The van der Waals surface area contributed by atoms with Gasteiger partial charge in [0, 0.05) is 12.0 Å². The molecule has 7 heavy (non-hydrogen) atoms. The Labute approximate surface area is 42.5 Å². The summed E-state index contributed by atoms with van der Waals surface area (Å²) in [6, 6.07) is 0.368. The van der Waals surface area contributed by atoms with E-state index in [1.165, 1.54) is 11.1 Å². The van der Waals surface area contributed by atoms with Gasteiger partial charge in [-0.2, -0.15) is 0 Å². The summed E-state index contributed by atoms with van der Waals surface area (Å²) in [5.74, 6) is 0.611. The lowest BCUT2D eigenvalue weighted by Crippen LogP contribution is -2.00. The predicted octanol–water partition coefficient (Wildman–Crippen LogP) is 0.440. The van der Waals surface area contributed by atoms with Crippen LogP contribution in [0.5, 0.6) is 0 Å². The Balaban J connectivity index is 2.40. The largest absolute Gasteiger partial charge is 0.323 e. The number of nitrogens with two attached hydrogens (primary N) is 1. The summed E-state index contributed by atoms with van der Waals surface area (Å²) in [6.45, 7) is 3.78. The average molecular weight is 93.1 g/mol. The van der Waals surface area contributed by atoms with E-state index in [4.69, 9.17) is 5.73 Å². The van der Waals surface area contributed by atoms with Crippen molar-refractivity contribution in [2.24, 2.45) is 11.7 Å². The van der Waals surface area contributed by atoms with Crippen molar-refractivity contribution in [3.63, 3.8) is 0 Å². The standard InChI is InChI=1S/C6H7N/c1-3-2-4-5(3)6(4)7/h2,5-6H,1,7H2. The molecular weight excluding hydrogens is 86.1 g/mol. The molecule has 2 rings (SSSR count). The van der Waals surface area contributed by atoms with Crippen molar-refractivity contribution in [1.82, 2.24) is 0 Å². The second-order valence-electron chi connectivity index (χ2n) is 2.22. The average Bonchev–Trinajstić information content (AvgIpc) is 2.07. The highest BCUT2D eigenvalue weighted by molar-refractivity contribution is 5.58. The molecule has 2 aliphatic carbocycles. The molecule has 0 spiro atoms. The van der Waals surface area contributed by atoms with Crippen molar-refractivity contribution in [1.29, 1.82) is 0 Å². The first-order valence-corrected chi connectivity index (χ1v) is 2.46. The topological polar surface area (TPSA) is 26.0 Å². The fourth-order valence-corrected chi connectivity index (χ4v) is 1.14. The molecule has 0 radical (unpaired) electrons. The van der Waals surface area contributed by atoms with Gasteiger partial charge in [0.05, 0.1) is 0 Å². The summed E-state index contributed by atoms with van der Waals surface area (Å²) in [5.41, 5.74) is 8.16. The van der Waals surface area contributed by atoms with Gasteiger partial charge < -0.3 is 5.73 Å². The van der Waals surface area contributed by atoms with E-state index in [2.05, 4.69) is 12.7 Å². The van der Waals surface area contributed by atoms with Crippen LogP contribution in [0.1, 0.15) is 0 Å². The molecule has 0 aromatic heterocycles. The lowest BCUT2D eigenvalue weighted by atomic mass is 10.1. The van der Waals surface area contributed by atoms with Crippen LogP contribution in [0.4, 0.5) is 0 Å². The molecule has 0 saturated heterocycles. The SMILES string of the molecule is C=C1C=C2C(N)C12. The highest BCUT2D eigenvalue weighted by Gasteiger charge is 2.48. The van der Waals surface area contributed by atoms with Gasteiger partial charge in [-0.15, -0.1) is 0 Å². The first-order valence-electron chi connectivity index (χ1n) is 2.46. The molecule has 1 heteroatoms. The van der Waals surface area contributed by atoms with Crippen LogP contribution in [-0.2, 0) is 0 Å². The van der Waals surface area contributed by atoms with Crippen LogP contribution in [0.15, 0.2) is 23.8 Å². The van der Waals surface area contributed by atoms with E-state index >= 15 is 0 Å². The summed E-state index contributed by atoms with van der Waals surface area (Å²) in [6.07, 6.45) is 2.08. The molecule has 0 aliphatic heterocycles. The maximum atomic E-state index is 5.53. The summed E-state index contributed by atoms with van der Waals surface area (Å²) < 4.78 is 0. The van der Waals surface area contributed by atoms with E-state index in [0.717, 1.165) is 0 Å². The van der Waals surface area contributed by atoms with Gasteiger partial charge in [-0.25, -0.2) is 0 Å². The molecule has 2 aliphatic rings. The molecule has 2 N–H and O–H groups in total. The maximum Gasteiger partial charge on any atom is 0.0371 e. The second-order valence-corrected chi connectivity index (χ2v) is 2.22. The third kappa shape index (κ3) is 0.212. The van der Waals surface area contributed by atoms with Crippen LogP contribution in [0.3, 0.4) is 0 Å². The van der Waals surface area contributed by atoms with E-state index in [-0.39, 0.29) is 0 Å². The maximum absolute atomic E-state index is 5.53. The Hall–Kier alpha value is -0.560. The first-order chi connectivity index (χ1) is 3.30. The highest BCUT2D eigenvalue weighted by Crippen LogP contribution is 2.51. The number of hydrogen-bond donors (Lipinski definition) is 1. The van der Waals surface area contributed by atoms with E-state index in [1.807, 2.05) is 0 Å². The lowest BCUT2D eigenvalue weighted by Gasteiger charge is -1.98. The summed E-state index contributed by atoms with van der Waals surface area (Å²) >= 11 is 0. The molecule has 1 saturated carbocycles. The zero-order valence-corrected chi connectivity index (χ0v) is 4.02. The van der Waals surface area contributed by atoms with E-state index < -0.39 is 0 Å². The minimum Gasteiger partial charge on any atom is -0.323 e. The zero-order valence-electron chi connectivity index (χ0n) is 4.02. The smallest absolute Gasteiger partial charge is 0.0371 e. The summed E-state index contributed by atoms with van der Waals surface area (Å²) in [5, 5.41) is 0. The van der Waals surface area contributed by atoms with Gasteiger partial charge in [0.25, 0.3) is 0 Å². The van der Waals surface area contributed by atoms with Gasteiger partial charge >= 0.3 is 0 Å². The van der Waals surface area contributed by atoms with Gasteiger partial charge in [-0.1, -0.05) is 12.7 Å². The fraction of sp³-hybridized carbons (Fsp3) is 0.333. The molecular formula is C6H7N. The van der Waals surface area contributed by atoms with Crippen molar-refractivity contribution in [3.8, 4) is 0 Å². The minimum absolute atomic E-state index is 0.368. The molecule has 2 unspecified atom stereocenters. The minimum atomic E-state index is 0.368. The van der Waals surface area contributed by atoms with Gasteiger partial charge in [-0.05, 0) is 11.1 Å². The van der Waals surface area contributed by atoms with E-state index in [9.17, 15) is 0 Å². The predicted molar refractivity (Wildman–Crippen MR) is 28.7 cm³/mol. The van der Waals surface area contributed by atoms with Crippen LogP contribution >= 0.6 is 0 Å². The molecule has 1 nitrogen and oxygen atoms in total. The first kappa shape index (κ1) is 3.44. The summed E-state index contributed by atoms with van der Waals surface area (Å²) in [4.78, 5) is 0. The van der Waals surface area contributed by atoms with Gasteiger partial charge in [0.1, 0.15) is 0 Å². The van der Waals surface area contributed by atoms with Crippen LogP contribution in [0, 0.1) is 5.92 Å². The molecule has 36 valence electrons. The van der Waals surface area contributed by atoms with Crippen molar-refractivity contribution < 1.29 is 0 Å². The van der Waals surface area contributed by atoms with E-state index in [0.29, 0.717) is 12.0 Å². The number of rotatable bonds is 0. The third-order valence-electron chi connectivity index (χ3n) is 1.75. The molecule has 0 aromatic carbocycles. The Morgan fingerprint density at radius 1 is 1.71 bits per heavy atom. The van der Waals surface area contributed by atoms with E-state index in [1.54, 1.807) is 0 Å². The Morgan fingerprint density at radius 3 is 2.43 bits per heavy atom. The van der Waals surface area contributed by atoms with Crippen molar-refractivity contribution in [3.05, 3.63) is 23.8 Å². The fourth-order valence-electron chi connectivity index (χ4n) is 1.14. The number of fused-ring (bicyclic) bond motifs is 1. The Bertz CT molecular complexity index is 167. The zero-order chi connectivity index (χ0) is 5.02. The van der Waals surface area contributed by atoms with Crippen LogP contribution in [0.2, 0.25) is 0 Å². The van der Waals surface area contributed by atoms with Crippen molar-refractivity contribution >= 4 is 0 Å². The molecule has 0 heterocycles. The second kappa shape index (κ2) is 0.693. The molecule has 0 aromatic rings. The number of hydrogen-bond acceptors (Lipinski definition) is 1. The normalized spacial score (nSPS) is 44.1. The van der Waals surface area contributed by atoms with Gasteiger partial charge in [-0.3, -0.25) is 0 Å². The van der Waals surface area contributed by atoms with Gasteiger partial charge in [0.15, 0.2) is 0 Å². The molecule has 0 amide bonds. The van der Waals surface area contributed by atoms with Gasteiger partial charge in [0.2, 0.25) is 0 Å². The van der Waals surface area contributed by atoms with Crippen LogP contribution < -0.4 is 5.73 Å². The van der Waals surface area contributed by atoms with Crippen molar-refractivity contribution in [2.75, 3.05) is 0 Å². The third-order valence-corrected chi connectivity index (χ3v) is 1.75. The molecule has 2 atom stereocenters. The number of allylic oxidation sites excluding steroid dienone is 1. The lowest BCUT2D eigenvalue weighted by molar-refractivity contribution is 0.942. The van der Waals surface area contributed by atoms with Crippen molar-refractivity contribution in [2.45, 2.75) is 6.04 Å². The Kier molecular flexibility index (Phi) is 0.341.